The van der Waals surface area contributed by atoms with E-state index in [-0.39, 0.29) is 50.9 Å². The number of hydrogen-bond acceptors (Lipinski definition) is 5. The molecule has 0 radical (unpaired) electrons. The van der Waals surface area contributed by atoms with E-state index >= 15 is 0 Å². The first-order chi connectivity index (χ1) is 18.7. The van der Waals surface area contributed by atoms with Crippen molar-refractivity contribution in [2.45, 2.75) is 45.2 Å². The molecule has 2 aromatic rings. The number of nitrogens with zero attached hydrogens (tertiary/aromatic N) is 2. The number of aryl methyl sites for hydroxylation is 1. The van der Waals surface area contributed by atoms with Crippen LogP contribution in [0.5, 0.6) is 0 Å². The van der Waals surface area contributed by atoms with E-state index < -0.39 is 23.6 Å². The van der Waals surface area contributed by atoms with Crippen LogP contribution in [-0.4, -0.2) is 71.2 Å². The number of likely N-dealkylation sites (tertiary alicyclic amines) is 2. The van der Waals surface area contributed by atoms with Gasteiger partial charge in [-0.1, -0.05) is 48.9 Å². The lowest BCUT2D eigenvalue weighted by Crippen LogP contribution is -2.61. The number of hydrogen-bond donors (Lipinski definition) is 3. The Morgan fingerprint density at radius 2 is 1.74 bits per heavy atom. The maximum atomic E-state index is 13.5. The molecule has 208 valence electrons. The van der Waals surface area contributed by atoms with Crippen LogP contribution >= 0.6 is 11.6 Å². The molecule has 2 saturated heterocycles. The normalized spacial score (nSPS) is 18.1. The van der Waals surface area contributed by atoms with Crippen molar-refractivity contribution in [2.24, 2.45) is 5.41 Å². The molecule has 2 aliphatic heterocycles. The SMILES string of the molecule is CCc1ccc(NC(=O)OCC2(C(=O)NCc3ccccc3Cl)CCN(C(=O)C3CCN3C(=O)O)CC2)cc1. The minimum absolute atomic E-state index is 0.174. The summed E-state index contributed by atoms with van der Waals surface area (Å²) in [6, 6.07) is 13.9. The molecule has 0 bridgehead atoms. The van der Waals surface area contributed by atoms with Gasteiger partial charge in [0.05, 0.1) is 5.41 Å². The third-order valence-electron chi connectivity index (χ3n) is 7.55. The number of halogens is 1. The smallest absolute Gasteiger partial charge is 0.411 e. The molecule has 2 heterocycles. The maximum Gasteiger partial charge on any atom is 0.411 e. The summed E-state index contributed by atoms with van der Waals surface area (Å²) in [5, 5.41) is 15.4. The molecule has 2 aliphatic rings. The second-order valence-corrected chi connectivity index (χ2v) is 10.3. The molecule has 2 aromatic carbocycles. The van der Waals surface area contributed by atoms with Gasteiger partial charge >= 0.3 is 12.2 Å². The Kier molecular flexibility index (Phi) is 8.96. The van der Waals surface area contributed by atoms with Crippen molar-refractivity contribution < 1.29 is 29.0 Å². The zero-order valence-corrected chi connectivity index (χ0v) is 22.6. The molecule has 11 heteroatoms. The topological polar surface area (TPSA) is 128 Å². The summed E-state index contributed by atoms with van der Waals surface area (Å²) < 4.78 is 5.54. The van der Waals surface area contributed by atoms with Gasteiger partial charge < -0.3 is 20.1 Å². The lowest BCUT2D eigenvalue weighted by atomic mass is 9.77. The van der Waals surface area contributed by atoms with Gasteiger partial charge in [-0.3, -0.25) is 19.8 Å². The molecule has 1 unspecified atom stereocenters. The molecule has 0 spiro atoms. The third-order valence-corrected chi connectivity index (χ3v) is 7.92. The summed E-state index contributed by atoms with van der Waals surface area (Å²) in [5.74, 6) is -0.562. The van der Waals surface area contributed by atoms with Crippen LogP contribution in [0.3, 0.4) is 0 Å². The first-order valence-electron chi connectivity index (χ1n) is 13.1. The van der Waals surface area contributed by atoms with Crippen LogP contribution in [-0.2, 0) is 27.3 Å². The van der Waals surface area contributed by atoms with E-state index in [0.717, 1.165) is 22.4 Å². The van der Waals surface area contributed by atoms with Gasteiger partial charge in [0.15, 0.2) is 0 Å². The first kappa shape index (κ1) is 28.2. The van der Waals surface area contributed by atoms with E-state index in [0.29, 0.717) is 23.7 Å². The number of amides is 4. The van der Waals surface area contributed by atoms with E-state index in [2.05, 4.69) is 10.6 Å². The predicted octanol–water partition coefficient (Wildman–Crippen LogP) is 4.13. The standard InChI is InChI=1S/C28H33ClN4O6/c1-2-19-7-9-21(10-8-19)31-26(36)39-18-28(25(35)30-17-20-5-3-4-6-22(20)29)12-15-32(16-13-28)24(34)23-11-14-33(23)27(37)38/h3-10,23H,2,11-18H2,1H3,(H,30,35)(H,31,36)(H,37,38). The van der Waals surface area contributed by atoms with Crippen LogP contribution in [0.25, 0.3) is 0 Å². The number of rotatable bonds is 8. The fourth-order valence-corrected chi connectivity index (χ4v) is 5.06. The molecule has 4 amide bonds. The second-order valence-electron chi connectivity index (χ2n) is 9.91. The van der Waals surface area contributed by atoms with E-state index in [1.165, 1.54) is 0 Å². The fourth-order valence-electron chi connectivity index (χ4n) is 4.86. The Bertz CT molecular complexity index is 1210. The number of benzene rings is 2. The number of anilines is 1. The molecular formula is C28H33ClN4O6. The summed E-state index contributed by atoms with van der Waals surface area (Å²) in [5.41, 5.74) is 1.41. The molecular weight excluding hydrogens is 524 g/mol. The number of carbonyl (C=O) groups is 4. The summed E-state index contributed by atoms with van der Waals surface area (Å²) >= 11 is 6.24. The Morgan fingerprint density at radius 3 is 2.33 bits per heavy atom. The van der Waals surface area contributed by atoms with E-state index in [1.807, 2.05) is 31.2 Å². The average molecular weight is 557 g/mol. The highest BCUT2D eigenvalue weighted by Crippen LogP contribution is 2.34. The Hall–Kier alpha value is -3.79. The summed E-state index contributed by atoms with van der Waals surface area (Å²) in [7, 11) is 0. The summed E-state index contributed by atoms with van der Waals surface area (Å²) in [6.07, 6.45) is 0.0754. The number of piperidine rings is 1. The molecule has 4 rings (SSSR count). The van der Waals surface area contributed by atoms with Crippen molar-refractivity contribution in [3.63, 3.8) is 0 Å². The van der Waals surface area contributed by atoms with Crippen LogP contribution < -0.4 is 10.6 Å². The Morgan fingerprint density at radius 1 is 1.05 bits per heavy atom. The molecule has 10 nitrogen and oxygen atoms in total. The Labute approximate surface area is 232 Å². The predicted molar refractivity (Wildman–Crippen MR) is 145 cm³/mol. The van der Waals surface area contributed by atoms with Crippen LogP contribution in [0.2, 0.25) is 5.02 Å². The van der Waals surface area contributed by atoms with Gasteiger partial charge in [-0.2, -0.15) is 0 Å². The van der Waals surface area contributed by atoms with Crippen LogP contribution in [0.1, 0.15) is 37.3 Å². The molecule has 2 fully saturated rings. The quantitative estimate of drug-likeness (QED) is 0.448. The lowest BCUT2D eigenvalue weighted by molar-refractivity contribution is -0.148. The third kappa shape index (κ3) is 6.62. The van der Waals surface area contributed by atoms with Crippen molar-refractivity contribution in [1.82, 2.24) is 15.1 Å². The molecule has 1 atom stereocenters. The van der Waals surface area contributed by atoms with Crippen molar-refractivity contribution in [3.8, 4) is 0 Å². The minimum Gasteiger partial charge on any atom is -0.465 e. The van der Waals surface area contributed by atoms with Gasteiger partial charge in [-0.05, 0) is 55.0 Å². The van der Waals surface area contributed by atoms with E-state index in [4.69, 9.17) is 16.3 Å². The van der Waals surface area contributed by atoms with Gasteiger partial charge in [0.2, 0.25) is 11.8 Å². The van der Waals surface area contributed by atoms with Crippen molar-refractivity contribution in [1.29, 1.82) is 0 Å². The zero-order valence-electron chi connectivity index (χ0n) is 21.8. The highest BCUT2D eigenvalue weighted by molar-refractivity contribution is 6.31. The van der Waals surface area contributed by atoms with Crippen LogP contribution in [0, 0.1) is 5.41 Å². The largest absolute Gasteiger partial charge is 0.465 e. The number of carbonyl (C=O) groups excluding carboxylic acids is 3. The first-order valence-corrected chi connectivity index (χ1v) is 13.4. The summed E-state index contributed by atoms with van der Waals surface area (Å²) in [4.78, 5) is 53.1. The molecule has 39 heavy (non-hydrogen) atoms. The van der Waals surface area contributed by atoms with Crippen molar-refractivity contribution >= 4 is 41.3 Å². The maximum absolute atomic E-state index is 13.5. The van der Waals surface area contributed by atoms with Gasteiger partial charge in [-0.25, -0.2) is 9.59 Å². The lowest BCUT2D eigenvalue weighted by Gasteiger charge is -2.44. The Balaban J connectivity index is 1.41. The molecule has 0 saturated carbocycles. The zero-order chi connectivity index (χ0) is 28.0. The fraction of sp³-hybridized carbons (Fsp3) is 0.429. The van der Waals surface area contributed by atoms with Crippen molar-refractivity contribution in [2.75, 3.05) is 31.6 Å². The number of ether oxygens (including phenoxy) is 1. The van der Waals surface area contributed by atoms with Crippen LogP contribution in [0.4, 0.5) is 15.3 Å². The van der Waals surface area contributed by atoms with Gasteiger partial charge in [-0.15, -0.1) is 0 Å². The number of nitrogens with one attached hydrogen (secondary N) is 2. The highest BCUT2D eigenvalue weighted by Gasteiger charge is 2.46. The monoisotopic (exact) mass is 556 g/mol. The van der Waals surface area contributed by atoms with E-state index in [1.54, 1.807) is 29.2 Å². The van der Waals surface area contributed by atoms with E-state index in [9.17, 15) is 24.3 Å². The molecule has 0 aliphatic carbocycles. The molecule has 0 aromatic heterocycles. The summed E-state index contributed by atoms with van der Waals surface area (Å²) in [6.45, 7) is 2.89. The number of carboxylic acid groups (broad SMARTS) is 1. The minimum atomic E-state index is -1.12. The average Bonchev–Trinajstić information content (AvgIpc) is 2.91. The van der Waals surface area contributed by atoms with Gasteiger partial charge in [0.1, 0.15) is 12.6 Å². The van der Waals surface area contributed by atoms with Gasteiger partial charge in [0, 0.05) is 36.9 Å². The van der Waals surface area contributed by atoms with Crippen molar-refractivity contribution in [3.05, 3.63) is 64.7 Å². The highest BCUT2D eigenvalue weighted by atomic mass is 35.5. The second kappa shape index (κ2) is 12.4. The van der Waals surface area contributed by atoms with Gasteiger partial charge in [0.25, 0.3) is 0 Å². The van der Waals surface area contributed by atoms with Crippen LogP contribution in [0.15, 0.2) is 48.5 Å². The molecule has 3 N–H and O–H groups in total.